The van der Waals surface area contributed by atoms with Gasteiger partial charge in [-0.2, -0.15) is 0 Å². The van der Waals surface area contributed by atoms with Gasteiger partial charge in [-0.1, -0.05) is 6.42 Å². The number of likely N-dealkylation sites (N-methyl/N-ethyl adjacent to an activating group) is 2. The van der Waals surface area contributed by atoms with E-state index in [9.17, 15) is 4.79 Å². The smallest absolute Gasteiger partial charge is 0.237 e. The van der Waals surface area contributed by atoms with Gasteiger partial charge in [-0.25, -0.2) is 0 Å². The SMILES string of the molecule is CN1CCN(C)C(CNC(=O)[C@@H]2CCCCN2)C1.Cl.Cl.Cl. The maximum atomic E-state index is 12.0. The van der Waals surface area contributed by atoms with E-state index in [-0.39, 0.29) is 49.2 Å². The van der Waals surface area contributed by atoms with Crippen molar-refractivity contribution in [3.8, 4) is 0 Å². The van der Waals surface area contributed by atoms with Gasteiger partial charge >= 0.3 is 0 Å². The van der Waals surface area contributed by atoms with E-state index < -0.39 is 0 Å². The molecule has 8 heteroatoms. The molecule has 0 aliphatic carbocycles. The number of hydrogen-bond acceptors (Lipinski definition) is 4. The van der Waals surface area contributed by atoms with Gasteiger partial charge in [0.1, 0.15) is 0 Å². The first-order valence-electron chi connectivity index (χ1n) is 7.06. The molecule has 2 N–H and O–H groups in total. The van der Waals surface area contributed by atoms with Crippen LogP contribution in [-0.4, -0.2) is 74.6 Å². The zero-order valence-corrected chi connectivity index (χ0v) is 15.3. The fraction of sp³-hybridized carbons (Fsp3) is 0.923. The van der Waals surface area contributed by atoms with E-state index in [1.807, 2.05) is 0 Å². The molecule has 2 aliphatic heterocycles. The van der Waals surface area contributed by atoms with Crippen LogP contribution in [0.5, 0.6) is 0 Å². The highest BCUT2D eigenvalue weighted by molar-refractivity contribution is 5.86. The molecule has 2 heterocycles. The summed E-state index contributed by atoms with van der Waals surface area (Å²) in [7, 11) is 4.28. The summed E-state index contributed by atoms with van der Waals surface area (Å²) in [6.07, 6.45) is 3.34. The lowest BCUT2D eigenvalue weighted by Crippen LogP contribution is -2.56. The Morgan fingerprint density at radius 1 is 1.19 bits per heavy atom. The predicted octanol–water partition coefficient (Wildman–Crippen LogP) is 0.756. The first-order valence-corrected chi connectivity index (χ1v) is 7.06. The summed E-state index contributed by atoms with van der Waals surface area (Å²) >= 11 is 0. The van der Waals surface area contributed by atoms with Crippen LogP contribution in [0, 0.1) is 0 Å². The van der Waals surface area contributed by atoms with E-state index in [4.69, 9.17) is 0 Å². The van der Waals surface area contributed by atoms with Crippen molar-refractivity contribution in [3.05, 3.63) is 0 Å². The van der Waals surface area contributed by atoms with Gasteiger partial charge in [-0.3, -0.25) is 9.69 Å². The summed E-state index contributed by atoms with van der Waals surface area (Å²) in [6.45, 7) is 4.97. The molecule has 0 spiro atoms. The summed E-state index contributed by atoms with van der Waals surface area (Å²) in [5.41, 5.74) is 0. The van der Waals surface area contributed by atoms with E-state index in [0.29, 0.717) is 6.04 Å². The molecule has 0 aromatic carbocycles. The van der Waals surface area contributed by atoms with Crippen LogP contribution in [0.15, 0.2) is 0 Å². The summed E-state index contributed by atoms with van der Waals surface area (Å²) < 4.78 is 0. The van der Waals surface area contributed by atoms with E-state index in [2.05, 4.69) is 34.5 Å². The van der Waals surface area contributed by atoms with Gasteiger partial charge in [-0.05, 0) is 33.5 Å². The average molecular weight is 364 g/mol. The second-order valence-electron chi connectivity index (χ2n) is 5.64. The third-order valence-corrected chi connectivity index (χ3v) is 4.12. The molecule has 2 saturated heterocycles. The molecule has 21 heavy (non-hydrogen) atoms. The standard InChI is InChI=1S/C13H26N4O.3ClH/c1-16-7-8-17(2)11(10-16)9-15-13(18)12-5-3-4-6-14-12;;;/h11-12,14H,3-10H2,1-2H3,(H,15,18);3*1H/t11?,12-;;;/m0.../s1. The molecule has 0 aromatic rings. The Bertz CT molecular complexity index is 291. The van der Waals surface area contributed by atoms with Crippen LogP contribution in [0.25, 0.3) is 0 Å². The zero-order chi connectivity index (χ0) is 13.0. The summed E-state index contributed by atoms with van der Waals surface area (Å²) in [5, 5.41) is 6.39. The monoisotopic (exact) mass is 362 g/mol. The van der Waals surface area contributed by atoms with Crippen LogP contribution in [-0.2, 0) is 4.79 Å². The lowest BCUT2D eigenvalue weighted by Gasteiger charge is -2.38. The molecule has 2 fully saturated rings. The minimum atomic E-state index is 0. The van der Waals surface area contributed by atoms with Gasteiger partial charge in [0.25, 0.3) is 0 Å². The molecule has 2 atom stereocenters. The number of hydrogen-bond donors (Lipinski definition) is 2. The molecule has 1 unspecified atom stereocenters. The molecule has 0 saturated carbocycles. The normalized spacial score (nSPS) is 26.8. The first-order chi connectivity index (χ1) is 8.66. The Kier molecular flexibility index (Phi) is 13.1. The number of amides is 1. The largest absolute Gasteiger partial charge is 0.353 e. The molecule has 2 aliphatic rings. The number of rotatable bonds is 3. The van der Waals surface area contributed by atoms with E-state index in [1.165, 1.54) is 6.42 Å². The van der Waals surface area contributed by atoms with Gasteiger partial charge in [0.05, 0.1) is 6.04 Å². The Morgan fingerprint density at radius 3 is 2.52 bits per heavy atom. The van der Waals surface area contributed by atoms with Crippen LogP contribution < -0.4 is 10.6 Å². The molecule has 0 aromatic heterocycles. The van der Waals surface area contributed by atoms with E-state index >= 15 is 0 Å². The molecular weight excluding hydrogens is 335 g/mol. The molecule has 5 nitrogen and oxygen atoms in total. The van der Waals surface area contributed by atoms with Crippen molar-refractivity contribution >= 4 is 43.1 Å². The minimum absolute atomic E-state index is 0. The van der Waals surface area contributed by atoms with Crippen molar-refractivity contribution in [3.63, 3.8) is 0 Å². The zero-order valence-electron chi connectivity index (χ0n) is 12.8. The van der Waals surface area contributed by atoms with Crippen molar-refractivity contribution in [2.45, 2.75) is 31.3 Å². The maximum absolute atomic E-state index is 12.0. The molecule has 1 amide bonds. The number of carbonyl (C=O) groups excluding carboxylic acids is 1. The van der Waals surface area contributed by atoms with E-state index in [0.717, 1.165) is 45.6 Å². The molecule has 128 valence electrons. The molecule has 0 bridgehead atoms. The maximum Gasteiger partial charge on any atom is 0.237 e. The Hall–Kier alpha value is 0.220. The third-order valence-electron chi connectivity index (χ3n) is 4.12. The summed E-state index contributed by atoms with van der Waals surface area (Å²) in [5.74, 6) is 0.177. The average Bonchev–Trinajstić information content (AvgIpc) is 2.40. The van der Waals surface area contributed by atoms with Crippen molar-refractivity contribution in [1.29, 1.82) is 0 Å². The lowest BCUT2D eigenvalue weighted by molar-refractivity contribution is -0.124. The number of carbonyl (C=O) groups is 1. The number of nitrogens with one attached hydrogen (secondary N) is 2. The van der Waals surface area contributed by atoms with Crippen LogP contribution >= 0.6 is 37.2 Å². The van der Waals surface area contributed by atoms with Crippen LogP contribution in [0.4, 0.5) is 0 Å². The van der Waals surface area contributed by atoms with Crippen molar-refractivity contribution < 1.29 is 4.79 Å². The van der Waals surface area contributed by atoms with Crippen molar-refractivity contribution in [2.24, 2.45) is 0 Å². The fourth-order valence-electron chi connectivity index (χ4n) is 2.74. The predicted molar refractivity (Wildman–Crippen MR) is 94.3 cm³/mol. The van der Waals surface area contributed by atoms with Crippen LogP contribution in [0.2, 0.25) is 0 Å². The van der Waals surface area contributed by atoms with Gasteiger partial charge in [0, 0.05) is 32.2 Å². The molecular formula is C13H29Cl3N4O. The van der Waals surface area contributed by atoms with E-state index in [1.54, 1.807) is 0 Å². The molecule has 0 radical (unpaired) electrons. The van der Waals surface area contributed by atoms with Gasteiger partial charge in [0.15, 0.2) is 0 Å². The Labute approximate surface area is 146 Å². The van der Waals surface area contributed by atoms with Gasteiger partial charge in [0.2, 0.25) is 5.91 Å². The van der Waals surface area contributed by atoms with Crippen molar-refractivity contribution in [1.82, 2.24) is 20.4 Å². The van der Waals surface area contributed by atoms with Crippen LogP contribution in [0.1, 0.15) is 19.3 Å². The highest BCUT2D eigenvalue weighted by atomic mass is 35.5. The fourth-order valence-corrected chi connectivity index (χ4v) is 2.74. The number of piperazine rings is 1. The number of piperidine rings is 1. The highest BCUT2D eigenvalue weighted by Crippen LogP contribution is 2.08. The highest BCUT2D eigenvalue weighted by Gasteiger charge is 2.25. The Balaban J connectivity index is 0. The minimum Gasteiger partial charge on any atom is -0.353 e. The summed E-state index contributed by atoms with van der Waals surface area (Å²) in [4.78, 5) is 16.7. The molecule has 2 rings (SSSR count). The van der Waals surface area contributed by atoms with Gasteiger partial charge in [-0.15, -0.1) is 37.2 Å². The Morgan fingerprint density at radius 2 is 1.90 bits per heavy atom. The lowest BCUT2D eigenvalue weighted by atomic mass is 10.0. The quantitative estimate of drug-likeness (QED) is 0.777. The number of nitrogens with zero attached hydrogens (tertiary/aromatic N) is 2. The summed E-state index contributed by atoms with van der Waals surface area (Å²) in [6, 6.07) is 0.474. The topological polar surface area (TPSA) is 47.6 Å². The second-order valence-corrected chi connectivity index (χ2v) is 5.64. The third kappa shape index (κ3) is 7.35. The second kappa shape index (κ2) is 11.7. The van der Waals surface area contributed by atoms with Gasteiger partial charge < -0.3 is 15.5 Å². The first kappa shape index (κ1) is 23.5. The van der Waals surface area contributed by atoms with Crippen LogP contribution in [0.3, 0.4) is 0 Å². The van der Waals surface area contributed by atoms with Crippen molar-refractivity contribution in [2.75, 3.05) is 46.8 Å². The number of halogens is 3.